The Morgan fingerprint density at radius 2 is 1.84 bits per heavy atom. The molecule has 0 saturated heterocycles. The van der Waals surface area contributed by atoms with Crippen LogP contribution in [0.15, 0.2) is 60.0 Å². The van der Waals surface area contributed by atoms with Gasteiger partial charge in [0.15, 0.2) is 5.03 Å². The lowest BCUT2D eigenvalue weighted by Crippen LogP contribution is -2.48. The Morgan fingerprint density at radius 1 is 1.14 bits per heavy atom. The molecule has 4 atom stereocenters. The van der Waals surface area contributed by atoms with Crippen molar-refractivity contribution in [1.29, 1.82) is 0 Å². The molecule has 3 amide bonds. The van der Waals surface area contributed by atoms with Gasteiger partial charge in [-0.1, -0.05) is 6.92 Å². The second-order valence-corrected chi connectivity index (χ2v) is 14.5. The van der Waals surface area contributed by atoms with Crippen LogP contribution in [-0.2, 0) is 21.8 Å². The van der Waals surface area contributed by atoms with Gasteiger partial charge in [0, 0.05) is 57.3 Å². The molecule has 1 aromatic heterocycles. The molecule has 0 saturated carbocycles. The van der Waals surface area contributed by atoms with E-state index in [-0.39, 0.29) is 42.3 Å². The predicted octanol–water partition coefficient (Wildman–Crippen LogP) is 4.19. The highest BCUT2D eigenvalue weighted by molar-refractivity contribution is 7.89. The van der Waals surface area contributed by atoms with E-state index in [1.165, 1.54) is 28.8 Å². The molecular formula is C34H48N6O8S. The van der Waals surface area contributed by atoms with Crippen molar-refractivity contribution in [1.82, 2.24) is 18.8 Å². The fourth-order valence-corrected chi connectivity index (χ4v) is 6.61. The molecule has 14 nitrogen and oxygen atoms in total. The van der Waals surface area contributed by atoms with Crippen molar-refractivity contribution in [2.24, 2.45) is 13.0 Å². The monoisotopic (exact) mass is 700 g/mol. The molecule has 2 heterocycles. The highest BCUT2D eigenvalue weighted by Crippen LogP contribution is 2.29. The Kier molecular flexibility index (Phi) is 13.0. The molecule has 0 spiro atoms. The number of nitrogens with one attached hydrogen (secondary N) is 2. The van der Waals surface area contributed by atoms with E-state index in [1.54, 1.807) is 68.1 Å². The predicted molar refractivity (Wildman–Crippen MR) is 186 cm³/mol. The van der Waals surface area contributed by atoms with Crippen LogP contribution in [0.2, 0.25) is 0 Å². The maximum atomic E-state index is 14.4. The largest absolute Gasteiger partial charge is 0.497 e. The fourth-order valence-electron chi connectivity index (χ4n) is 5.46. The lowest BCUT2D eigenvalue weighted by molar-refractivity contribution is -0.00835. The maximum Gasteiger partial charge on any atom is 0.323 e. The fraction of sp³-hybridized carbons (Fsp3) is 0.500. The second-order valence-electron chi connectivity index (χ2n) is 12.5. The van der Waals surface area contributed by atoms with E-state index in [4.69, 9.17) is 14.2 Å². The van der Waals surface area contributed by atoms with Gasteiger partial charge in [0.05, 0.1) is 43.9 Å². The number of sulfonamides is 1. The number of aryl methyl sites for hydroxylation is 1. The number of aromatic nitrogens is 2. The van der Waals surface area contributed by atoms with Gasteiger partial charge in [0.2, 0.25) is 0 Å². The van der Waals surface area contributed by atoms with Crippen molar-refractivity contribution in [3.8, 4) is 11.5 Å². The molecule has 1 aliphatic heterocycles. The van der Waals surface area contributed by atoms with Crippen molar-refractivity contribution in [2.75, 3.05) is 51.1 Å². The Balaban J connectivity index is 1.61. The van der Waals surface area contributed by atoms with Crippen LogP contribution in [-0.4, -0.2) is 103 Å². The summed E-state index contributed by atoms with van der Waals surface area (Å²) in [4.78, 5) is 32.8. The summed E-state index contributed by atoms with van der Waals surface area (Å²) in [5, 5.41) is 15.7. The number of anilines is 2. The first kappa shape index (κ1) is 37.6. The number of methoxy groups -OCH3 is 1. The summed E-state index contributed by atoms with van der Waals surface area (Å²) in [5.74, 6) is 0.245. The molecule has 0 bridgehead atoms. The van der Waals surface area contributed by atoms with Gasteiger partial charge >= 0.3 is 6.03 Å². The normalized spacial score (nSPS) is 20.1. The number of nitrogens with zero attached hydrogens (tertiary/aromatic N) is 4. The van der Waals surface area contributed by atoms with Crippen molar-refractivity contribution in [3.63, 3.8) is 0 Å². The Hall–Kier alpha value is -4.18. The number of urea groups is 1. The molecule has 49 heavy (non-hydrogen) atoms. The van der Waals surface area contributed by atoms with Gasteiger partial charge in [-0.05, 0) is 75.6 Å². The van der Waals surface area contributed by atoms with E-state index in [2.05, 4.69) is 15.6 Å². The minimum Gasteiger partial charge on any atom is -0.497 e. The first-order valence-electron chi connectivity index (χ1n) is 16.3. The molecule has 0 fully saturated rings. The summed E-state index contributed by atoms with van der Waals surface area (Å²) in [6.07, 6.45) is 4.26. The van der Waals surface area contributed by atoms with Gasteiger partial charge in [-0.3, -0.25) is 4.79 Å². The average molecular weight is 701 g/mol. The summed E-state index contributed by atoms with van der Waals surface area (Å²) < 4.78 is 47.1. The van der Waals surface area contributed by atoms with Gasteiger partial charge < -0.3 is 39.4 Å². The number of rotatable bonds is 9. The number of benzene rings is 2. The molecular weight excluding hydrogens is 652 g/mol. The van der Waals surface area contributed by atoms with Gasteiger partial charge in [-0.25, -0.2) is 18.2 Å². The number of fused-ring (bicyclic) bond motifs is 1. The maximum absolute atomic E-state index is 14.4. The smallest absolute Gasteiger partial charge is 0.323 e. The van der Waals surface area contributed by atoms with Crippen LogP contribution in [0.5, 0.6) is 11.5 Å². The SMILES string of the molecule is COc1ccc(NC(=O)Nc2ccc3c(c2)C(=O)N([C@H](C)CO)C[C@H](C)[C@H](CN(C)S(=O)(=O)c2cn(C)cn2)OCCCC[C@H](C)O3)cc1. The topological polar surface area (TPSA) is 165 Å². The number of hydrogen-bond donors (Lipinski definition) is 3. The van der Waals surface area contributed by atoms with E-state index in [9.17, 15) is 23.1 Å². The minimum atomic E-state index is -3.89. The van der Waals surface area contributed by atoms with E-state index in [1.807, 2.05) is 13.8 Å². The Bertz CT molecular complexity index is 1660. The lowest BCUT2D eigenvalue weighted by Gasteiger charge is -2.35. The number of hydrogen-bond acceptors (Lipinski definition) is 9. The molecule has 3 N–H and O–H groups in total. The van der Waals surface area contributed by atoms with Crippen LogP contribution < -0.4 is 20.1 Å². The second kappa shape index (κ2) is 17.0. The van der Waals surface area contributed by atoms with E-state index in [0.717, 1.165) is 12.8 Å². The standard InChI is InChI=1S/C34H48N6O8S/c1-23-18-40(24(2)21-41)33(42)29-17-27(37-34(43)36-26-10-13-28(46-6)14-11-26)12-15-30(29)48-25(3)9-7-8-16-47-31(23)19-39(5)49(44,45)32-20-38(4)22-35-32/h10-15,17,20,22-25,31,41H,7-9,16,18-19,21H2,1-6H3,(H2,36,37,43)/t23-,24+,25-,31-/m0/s1. The molecule has 4 rings (SSSR count). The van der Waals surface area contributed by atoms with Crippen molar-refractivity contribution in [3.05, 3.63) is 60.6 Å². The summed E-state index contributed by atoms with van der Waals surface area (Å²) >= 11 is 0. The van der Waals surface area contributed by atoms with Crippen molar-refractivity contribution >= 4 is 33.3 Å². The number of aliphatic hydroxyl groups is 1. The third-order valence-corrected chi connectivity index (χ3v) is 10.2. The van der Waals surface area contributed by atoms with Crippen LogP contribution in [0.25, 0.3) is 0 Å². The summed E-state index contributed by atoms with van der Waals surface area (Å²) in [5.41, 5.74) is 1.13. The summed E-state index contributed by atoms with van der Waals surface area (Å²) in [6.45, 7) is 5.81. The first-order chi connectivity index (χ1) is 23.3. The van der Waals surface area contributed by atoms with Crippen LogP contribution >= 0.6 is 0 Å². The zero-order valence-corrected chi connectivity index (χ0v) is 29.8. The number of imidazole rings is 1. The van der Waals surface area contributed by atoms with E-state index >= 15 is 0 Å². The third-order valence-electron chi connectivity index (χ3n) is 8.45. The lowest BCUT2D eigenvalue weighted by atomic mass is 10.0. The number of amides is 3. The minimum absolute atomic E-state index is 0.0308. The van der Waals surface area contributed by atoms with Gasteiger partial charge in [0.1, 0.15) is 11.5 Å². The van der Waals surface area contributed by atoms with E-state index in [0.29, 0.717) is 35.9 Å². The number of ether oxygens (including phenoxy) is 3. The highest BCUT2D eigenvalue weighted by atomic mass is 32.2. The first-order valence-corrected chi connectivity index (χ1v) is 17.8. The molecule has 1 aliphatic rings. The van der Waals surface area contributed by atoms with Crippen LogP contribution in [0.4, 0.5) is 16.2 Å². The van der Waals surface area contributed by atoms with Crippen LogP contribution in [0.1, 0.15) is 50.4 Å². The molecule has 2 aromatic carbocycles. The number of carbonyl (C=O) groups excluding carboxylic acids is 2. The van der Waals surface area contributed by atoms with Gasteiger partial charge in [-0.2, -0.15) is 4.31 Å². The molecule has 0 aliphatic carbocycles. The molecule has 15 heteroatoms. The van der Waals surface area contributed by atoms with Gasteiger partial charge in [0.25, 0.3) is 15.9 Å². The molecule has 0 radical (unpaired) electrons. The third kappa shape index (κ3) is 9.94. The number of carbonyl (C=O) groups is 2. The quantitative estimate of drug-likeness (QED) is 0.297. The van der Waals surface area contributed by atoms with E-state index < -0.39 is 34.1 Å². The van der Waals surface area contributed by atoms with Crippen molar-refractivity contribution < 1.29 is 37.3 Å². The zero-order chi connectivity index (χ0) is 35.7. The van der Waals surface area contributed by atoms with Crippen LogP contribution in [0, 0.1) is 5.92 Å². The number of likely N-dealkylation sites (N-methyl/N-ethyl adjacent to an activating group) is 1. The molecule has 0 unspecified atom stereocenters. The van der Waals surface area contributed by atoms with Crippen molar-refractivity contribution in [2.45, 2.75) is 63.3 Å². The van der Waals surface area contributed by atoms with Gasteiger partial charge in [-0.15, -0.1) is 0 Å². The zero-order valence-electron chi connectivity index (χ0n) is 29.0. The Morgan fingerprint density at radius 3 is 2.49 bits per heavy atom. The Labute approximate surface area is 288 Å². The molecule has 3 aromatic rings. The number of aliphatic hydroxyl groups excluding tert-OH is 1. The van der Waals surface area contributed by atoms with Crippen LogP contribution in [0.3, 0.4) is 0 Å². The summed E-state index contributed by atoms with van der Waals surface area (Å²) in [6, 6.07) is 10.6. The molecule has 268 valence electrons. The summed E-state index contributed by atoms with van der Waals surface area (Å²) in [7, 11) is 0.848. The highest BCUT2D eigenvalue weighted by Gasteiger charge is 2.33. The average Bonchev–Trinajstić information content (AvgIpc) is 3.53.